The first-order valence-corrected chi connectivity index (χ1v) is 8.77. The highest BCUT2D eigenvalue weighted by atomic mass is 16.6. The average Bonchev–Trinajstić information content (AvgIpc) is 2.68. The lowest BCUT2D eigenvalue weighted by Crippen LogP contribution is -2.31. The summed E-state index contributed by atoms with van der Waals surface area (Å²) in [5.74, 6) is 6.63. The molecule has 2 heterocycles. The van der Waals surface area contributed by atoms with Crippen LogP contribution in [0.5, 0.6) is 5.75 Å². The molecule has 1 aliphatic heterocycles. The molecule has 6 nitrogen and oxygen atoms in total. The zero-order valence-corrected chi connectivity index (χ0v) is 15.4. The summed E-state index contributed by atoms with van der Waals surface area (Å²) in [6, 6.07) is 10.8. The molecule has 0 bridgehead atoms. The van der Waals surface area contributed by atoms with Crippen molar-refractivity contribution in [3.63, 3.8) is 0 Å². The highest BCUT2D eigenvalue weighted by Gasteiger charge is 2.23. The third-order valence-corrected chi connectivity index (χ3v) is 4.49. The molecule has 3 rings (SSSR count). The Kier molecular flexibility index (Phi) is 5.72. The predicted octanol–water partition coefficient (Wildman–Crippen LogP) is 3.89. The Labute approximate surface area is 158 Å². The maximum atomic E-state index is 11.4. The van der Waals surface area contributed by atoms with Crippen molar-refractivity contribution >= 4 is 11.4 Å². The molecule has 0 aliphatic carbocycles. The van der Waals surface area contributed by atoms with Crippen molar-refractivity contribution in [2.24, 2.45) is 0 Å². The van der Waals surface area contributed by atoms with E-state index in [9.17, 15) is 10.1 Å². The van der Waals surface area contributed by atoms with E-state index in [2.05, 4.69) is 16.8 Å². The number of nitrogens with zero attached hydrogens (tertiary/aromatic N) is 3. The van der Waals surface area contributed by atoms with Gasteiger partial charge in [-0.2, -0.15) is 0 Å². The highest BCUT2D eigenvalue weighted by molar-refractivity contribution is 5.66. The Morgan fingerprint density at radius 3 is 2.70 bits per heavy atom. The van der Waals surface area contributed by atoms with E-state index in [1.54, 1.807) is 12.1 Å². The normalized spacial score (nSPS) is 13.6. The van der Waals surface area contributed by atoms with Gasteiger partial charge in [0.1, 0.15) is 17.1 Å². The second-order valence-electron chi connectivity index (χ2n) is 6.33. The lowest BCUT2D eigenvalue weighted by molar-refractivity contribution is -0.384. The van der Waals surface area contributed by atoms with Gasteiger partial charge in [-0.15, -0.1) is 0 Å². The van der Waals surface area contributed by atoms with Crippen molar-refractivity contribution in [3.05, 3.63) is 69.5 Å². The molecule has 138 valence electrons. The van der Waals surface area contributed by atoms with Crippen LogP contribution in [0, 0.1) is 28.9 Å². The fourth-order valence-corrected chi connectivity index (χ4v) is 3.05. The highest BCUT2D eigenvalue weighted by Crippen LogP contribution is 2.34. The molecule has 1 aromatic carbocycles. The number of aryl methyl sites for hydroxylation is 1. The van der Waals surface area contributed by atoms with Crippen LogP contribution in [-0.2, 0) is 0 Å². The van der Waals surface area contributed by atoms with Crippen molar-refractivity contribution in [1.82, 2.24) is 4.98 Å². The van der Waals surface area contributed by atoms with Crippen molar-refractivity contribution in [1.29, 1.82) is 0 Å². The first-order chi connectivity index (χ1) is 13.1. The number of aromatic nitrogens is 1. The van der Waals surface area contributed by atoms with E-state index in [-0.39, 0.29) is 10.6 Å². The second kappa shape index (κ2) is 8.37. The third-order valence-electron chi connectivity index (χ3n) is 4.49. The van der Waals surface area contributed by atoms with Crippen LogP contribution in [0.15, 0.2) is 48.0 Å². The van der Waals surface area contributed by atoms with Gasteiger partial charge in [-0.1, -0.05) is 17.6 Å². The first kappa shape index (κ1) is 18.5. The molecule has 0 N–H and O–H groups in total. The smallest absolute Gasteiger partial charge is 0.296 e. The molecular formula is C21H21N3O3. The molecule has 0 amide bonds. The van der Waals surface area contributed by atoms with Gasteiger partial charge in [0.2, 0.25) is 0 Å². The molecule has 1 fully saturated rings. The third kappa shape index (κ3) is 4.64. The zero-order chi connectivity index (χ0) is 19.2. The van der Waals surface area contributed by atoms with Gasteiger partial charge in [-0.05, 0) is 56.0 Å². The molecule has 0 atom stereocenters. The maximum Gasteiger partial charge on any atom is 0.296 e. The number of anilines is 1. The molecule has 1 saturated heterocycles. The van der Waals surface area contributed by atoms with Gasteiger partial charge in [-0.3, -0.25) is 10.1 Å². The standard InChI is InChI=1S/C21H21N3O3/c1-16-5-3-7-18(22-16)8-4-6-17-11-13-23(14-12-17)20-10-9-19(27-2)15-21(20)24(25)26/h3,5-7,9-10,15H,11-14H2,1-2H3. The van der Waals surface area contributed by atoms with Gasteiger partial charge in [0.25, 0.3) is 5.69 Å². The molecule has 0 spiro atoms. The van der Waals surface area contributed by atoms with E-state index in [0.29, 0.717) is 11.4 Å². The Balaban J connectivity index is 1.68. The van der Waals surface area contributed by atoms with Crippen LogP contribution in [0.3, 0.4) is 0 Å². The van der Waals surface area contributed by atoms with Gasteiger partial charge < -0.3 is 9.64 Å². The van der Waals surface area contributed by atoms with Crippen molar-refractivity contribution in [2.45, 2.75) is 19.8 Å². The van der Waals surface area contributed by atoms with E-state index in [1.165, 1.54) is 18.7 Å². The van der Waals surface area contributed by atoms with Crippen LogP contribution in [0.4, 0.5) is 11.4 Å². The lowest BCUT2D eigenvalue weighted by atomic mass is 10.0. The summed E-state index contributed by atoms with van der Waals surface area (Å²) >= 11 is 0. The number of methoxy groups -OCH3 is 1. The summed E-state index contributed by atoms with van der Waals surface area (Å²) in [6.07, 6.45) is 3.61. The topological polar surface area (TPSA) is 68.5 Å². The summed E-state index contributed by atoms with van der Waals surface area (Å²) in [5, 5.41) is 11.4. The van der Waals surface area contributed by atoms with Crippen LogP contribution in [-0.4, -0.2) is 30.1 Å². The van der Waals surface area contributed by atoms with Gasteiger partial charge in [-0.25, -0.2) is 4.98 Å². The molecule has 27 heavy (non-hydrogen) atoms. The number of piperidine rings is 1. The maximum absolute atomic E-state index is 11.4. The molecule has 6 heteroatoms. The fourth-order valence-electron chi connectivity index (χ4n) is 3.05. The second-order valence-corrected chi connectivity index (χ2v) is 6.33. The molecule has 1 aliphatic rings. The van der Waals surface area contributed by atoms with Gasteiger partial charge in [0.05, 0.1) is 18.1 Å². The SMILES string of the molecule is COc1ccc(N2CCC(=CC#Cc3cccc(C)n3)CC2)c([N+](=O)[O-])c1. The number of nitro benzene ring substituents is 1. The minimum Gasteiger partial charge on any atom is -0.496 e. The lowest BCUT2D eigenvalue weighted by Gasteiger charge is -2.29. The van der Waals surface area contributed by atoms with Gasteiger partial charge >= 0.3 is 0 Å². The molecule has 2 aromatic rings. The number of pyridine rings is 1. The van der Waals surface area contributed by atoms with Crippen molar-refractivity contribution in [2.75, 3.05) is 25.1 Å². The van der Waals surface area contributed by atoms with E-state index < -0.39 is 0 Å². The predicted molar refractivity (Wildman–Crippen MR) is 105 cm³/mol. The summed E-state index contributed by atoms with van der Waals surface area (Å²) in [6.45, 7) is 3.39. The molecule has 0 unspecified atom stereocenters. The quantitative estimate of drug-likeness (QED) is 0.470. The minimum atomic E-state index is -0.358. The van der Waals surface area contributed by atoms with Crippen molar-refractivity contribution < 1.29 is 9.66 Å². The molecule has 0 radical (unpaired) electrons. The van der Waals surface area contributed by atoms with Gasteiger partial charge in [0, 0.05) is 18.8 Å². The van der Waals surface area contributed by atoms with Crippen LogP contribution in [0.2, 0.25) is 0 Å². The summed E-state index contributed by atoms with van der Waals surface area (Å²) in [5.41, 5.74) is 3.67. The number of rotatable bonds is 3. The number of nitro groups is 1. The Morgan fingerprint density at radius 2 is 2.04 bits per heavy atom. The number of ether oxygens (including phenoxy) is 1. The summed E-state index contributed by atoms with van der Waals surface area (Å²) in [4.78, 5) is 17.4. The Hall–Kier alpha value is -3.33. The number of allylic oxidation sites excluding steroid dienone is 1. The number of hydrogen-bond acceptors (Lipinski definition) is 5. The van der Waals surface area contributed by atoms with Crippen LogP contribution < -0.4 is 9.64 Å². The fraction of sp³-hybridized carbons (Fsp3) is 0.286. The molecule has 0 saturated carbocycles. The zero-order valence-electron chi connectivity index (χ0n) is 15.4. The van der Waals surface area contributed by atoms with E-state index >= 15 is 0 Å². The van der Waals surface area contributed by atoms with Crippen LogP contribution >= 0.6 is 0 Å². The molecular weight excluding hydrogens is 342 g/mol. The van der Waals surface area contributed by atoms with Crippen LogP contribution in [0.25, 0.3) is 0 Å². The first-order valence-electron chi connectivity index (χ1n) is 8.77. The Bertz CT molecular complexity index is 931. The largest absolute Gasteiger partial charge is 0.496 e. The number of hydrogen-bond donors (Lipinski definition) is 0. The van der Waals surface area contributed by atoms with Crippen molar-refractivity contribution in [3.8, 4) is 17.6 Å². The van der Waals surface area contributed by atoms with Gasteiger partial charge in [0.15, 0.2) is 0 Å². The van der Waals surface area contributed by atoms with E-state index in [0.717, 1.165) is 37.3 Å². The summed E-state index contributed by atoms with van der Waals surface area (Å²) < 4.78 is 5.10. The Morgan fingerprint density at radius 1 is 1.26 bits per heavy atom. The van der Waals surface area contributed by atoms with E-state index in [4.69, 9.17) is 4.74 Å². The number of benzene rings is 1. The van der Waals surface area contributed by atoms with Crippen LogP contribution in [0.1, 0.15) is 24.2 Å². The monoisotopic (exact) mass is 363 g/mol. The molecule has 1 aromatic heterocycles. The average molecular weight is 363 g/mol. The van der Waals surface area contributed by atoms with E-state index in [1.807, 2.05) is 36.1 Å². The summed E-state index contributed by atoms with van der Waals surface area (Å²) in [7, 11) is 1.50. The minimum absolute atomic E-state index is 0.0760.